The summed E-state index contributed by atoms with van der Waals surface area (Å²) in [6, 6.07) is 24.5. The van der Waals surface area contributed by atoms with Crippen molar-refractivity contribution >= 4 is 6.21 Å². The lowest BCUT2D eigenvalue weighted by molar-refractivity contribution is 0.0521. The number of phenols is 1. The summed E-state index contributed by atoms with van der Waals surface area (Å²) in [4.78, 5) is 5.20. The minimum Gasteiger partial charge on any atom is -0.507 e. The summed E-state index contributed by atoms with van der Waals surface area (Å²) < 4.78 is 12.4. The van der Waals surface area contributed by atoms with Gasteiger partial charge in [-0.2, -0.15) is 5.26 Å². The molecule has 1 atom stereocenters. The van der Waals surface area contributed by atoms with Gasteiger partial charge in [-0.1, -0.05) is 113 Å². The first-order chi connectivity index (χ1) is 24.5. The van der Waals surface area contributed by atoms with E-state index in [2.05, 4.69) is 113 Å². The van der Waals surface area contributed by atoms with E-state index in [0.717, 1.165) is 39.3 Å². The number of hydrogen-bond donors (Lipinski definition) is 2. The molecule has 4 aromatic rings. The highest BCUT2D eigenvalue weighted by Gasteiger charge is 2.44. The van der Waals surface area contributed by atoms with Gasteiger partial charge in [0, 0.05) is 34.0 Å². The van der Waals surface area contributed by atoms with Crippen LogP contribution in [-0.2, 0) is 33.7 Å². The van der Waals surface area contributed by atoms with Gasteiger partial charge in [-0.3, -0.25) is 4.99 Å². The van der Waals surface area contributed by atoms with E-state index < -0.39 is 11.6 Å². The Labute approximate surface area is 318 Å². The fourth-order valence-corrected chi connectivity index (χ4v) is 6.96. The maximum absolute atomic E-state index is 14.1. The van der Waals surface area contributed by atoms with Crippen molar-refractivity contribution in [2.24, 2.45) is 4.99 Å². The summed E-state index contributed by atoms with van der Waals surface area (Å²) >= 11 is 0. The van der Waals surface area contributed by atoms with Crippen LogP contribution in [0.5, 0.6) is 17.2 Å². The van der Waals surface area contributed by atoms with Crippen molar-refractivity contribution in [2.75, 3.05) is 14.2 Å². The molecular weight excluding hydrogens is 657 g/mol. The van der Waals surface area contributed by atoms with Crippen molar-refractivity contribution in [1.82, 2.24) is 0 Å². The smallest absolute Gasteiger partial charge is 0.137 e. The number of hydrogen-bond acceptors (Lipinski definition) is 6. The summed E-state index contributed by atoms with van der Waals surface area (Å²) in [7, 11) is 3.43. The lowest BCUT2D eigenvalue weighted by Gasteiger charge is -2.40. The molecule has 0 aromatic heterocycles. The molecule has 0 spiro atoms. The molecular formula is C47H60N2O4. The third kappa shape index (κ3) is 8.79. The molecule has 282 valence electrons. The molecule has 6 nitrogen and oxygen atoms in total. The molecule has 53 heavy (non-hydrogen) atoms. The second-order valence-electron chi connectivity index (χ2n) is 18.3. The van der Waals surface area contributed by atoms with Crippen molar-refractivity contribution in [2.45, 2.75) is 123 Å². The number of rotatable bonds is 9. The standard InChI is InChI=1S/C47H60N2O4/c1-43(2,3)35-24-33(25-36(41(35)52-13)44(4,5)6)47(51,34-26-37(45(7,8)9)42(53-14)38(27-34)46(10,11)12)40(23-30-18-16-15-17-19-30)49-29-32-22-31(28-48)20-21-39(32)50/h15-22,24-27,29,40,50-51H,23H2,1-14H3. The maximum atomic E-state index is 14.1. The topological polar surface area (TPSA) is 95.1 Å². The molecule has 0 saturated heterocycles. The minimum absolute atomic E-state index is 0.00118. The molecule has 1 unspecified atom stereocenters. The van der Waals surface area contributed by atoms with Gasteiger partial charge in [0.2, 0.25) is 0 Å². The minimum atomic E-state index is -1.71. The molecule has 4 aromatic carbocycles. The van der Waals surface area contributed by atoms with Crippen LogP contribution >= 0.6 is 0 Å². The average Bonchev–Trinajstić information content (AvgIpc) is 3.07. The Bertz CT molecular complexity index is 1840. The zero-order valence-electron chi connectivity index (χ0n) is 34.4. The third-order valence-electron chi connectivity index (χ3n) is 10.0. The van der Waals surface area contributed by atoms with E-state index in [-0.39, 0.29) is 27.4 Å². The molecule has 0 fully saturated rings. The number of aliphatic imine (C=N–C) groups is 1. The highest BCUT2D eigenvalue weighted by Crippen LogP contribution is 2.49. The van der Waals surface area contributed by atoms with Crippen LogP contribution in [-0.4, -0.2) is 36.7 Å². The summed E-state index contributed by atoms with van der Waals surface area (Å²) in [6.45, 7) is 25.9. The lowest BCUT2D eigenvalue weighted by Crippen LogP contribution is -2.42. The van der Waals surface area contributed by atoms with Crippen LogP contribution in [0, 0.1) is 11.3 Å². The van der Waals surface area contributed by atoms with Crippen molar-refractivity contribution in [1.29, 1.82) is 5.26 Å². The van der Waals surface area contributed by atoms with Crippen LogP contribution in [0.4, 0.5) is 0 Å². The first-order valence-corrected chi connectivity index (χ1v) is 18.5. The summed E-state index contributed by atoms with van der Waals surface area (Å²) in [6.07, 6.45) is 1.96. The molecule has 0 aliphatic rings. The summed E-state index contributed by atoms with van der Waals surface area (Å²) in [5.41, 5.74) is 4.00. The summed E-state index contributed by atoms with van der Waals surface area (Å²) in [5, 5.41) is 34.7. The molecule has 0 radical (unpaired) electrons. The fraction of sp³-hybridized carbons (Fsp3) is 0.447. The van der Waals surface area contributed by atoms with E-state index in [0.29, 0.717) is 28.7 Å². The van der Waals surface area contributed by atoms with Crippen LogP contribution < -0.4 is 9.47 Å². The van der Waals surface area contributed by atoms with Gasteiger partial charge in [0.1, 0.15) is 22.8 Å². The predicted octanol–water partition coefficient (Wildman–Crippen LogP) is 10.4. The second-order valence-corrected chi connectivity index (χ2v) is 18.3. The zero-order chi connectivity index (χ0) is 39.7. The quantitative estimate of drug-likeness (QED) is 0.168. The largest absolute Gasteiger partial charge is 0.507 e. The Morgan fingerprint density at radius 3 is 1.43 bits per heavy atom. The predicted molar refractivity (Wildman–Crippen MR) is 218 cm³/mol. The van der Waals surface area contributed by atoms with Gasteiger partial charge in [0.25, 0.3) is 0 Å². The third-order valence-corrected chi connectivity index (χ3v) is 10.0. The van der Waals surface area contributed by atoms with Gasteiger partial charge in [0.15, 0.2) is 0 Å². The van der Waals surface area contributed by atoms with Crippen molar-refractivity contribution < 1.29 is 19.7 Å². The molecule has 2 N–H and O–H groups in total. The van der Waals surface area contributed by atoms with Crippen LogP contribution in [0.25, 0.3) is 0 Å². The summed E-state index contributed by atoms with van der Waals surface area (Å²) in [5.74, 6) is 1.61. The highest BCUT2D eigenvalue weighted by atomic mass is 16.5. The molecule has 0 bridgehead atoms. The van der Waals surface area contributed by atoms with E-state index in [1.165, 1.54) is 6.07 Å². The van der Waals surface area contributed by atoms with Crippen molar-refractivity contribution in [3.8, 4) is 23.3 Å². The molecule has 4 rings (SSSR count). The van der Waals surface area contributed by atoms with E-state index in [1.807, 2.05) is 30.3 Å². The van der Waals surface area contributed by atoms with Crippen LogP contribution in [0.1, 0.15) is 133 Å². The number of ether oxygens (including phenoxy) is 2. The molecule has 0 amide bonds. The van der Waals surface area contributed by atoms with E-state index in [4.69, 9.17) is 14.5 Å². The zero-order valence-corrected chi connectivity index (χ0v) is 34.4. The van der Waals surface area contributed by atoms with Gasteiger partial charge in [-0.15, -0.1) is 0 Å². The Balaban J connectivity index is 2.28. The number of nitriles is 1. The van der Waals surface area contributed by atoms with Crippen LogP contribution in [0.2, 0.25) is 0 Å². The van der Waals surface area contributed by atoms with Gasteiger partial charge >= 0.3 is 0 Å². The van der Waals surface area contributed by atoms with Crippen molar-refractivity contribution in [3.63, 3.8) is 0 Å². The number of nitrogens with zero attached hydrogens (tertiary/aromatic N) is 2. The monoisotopic (exact) mass is 716 g/mol. The molecule has 0 heterocycles. The number of benzene rings is 4. The first-order valence-electron chi connectivity index (χ1n) is 18.5. The normalized spacial score (nSPS) is 13.5. The number of phenolic OH excluding ortho intramolecular Hbond substituents is 1. The molecule has 0 aliphatic heterocycles. The second kappa shape index (κ2) is 15.0. The molecule has 0 saturated carbocycles. The van der Waals surface area contributed by atoms with E-state index in [9.17, 15) is 15.5 Å². The van der Waals surface area contributed by atoms with Crippen LogP contribution in [0.15, 0.2) is 77.8 Å². The SMILES string of the molecule is COc1c(C(C)(C)C)cc(C(O)(c2cc(C(C)(C)C)c(OC)c(C(C)(C)C)c2)C(Cc2ccccc2)N=Cc2cc(C#N)ccc2O)cc1C(C)(C)C. The number of methoxy groups -OCH3 is 2. The van der Waals surface area contributed by atoms with Crippen molar-refractivity contribution in [3.05, 3.63) is 123 Å². The van der Waals surface area contributed by atoms with E-state index in [1.54, 1.807) is 32.6 Å². The molecule has 6 heteroatoms. The highest BCUT2D eigenvalue weighted by molar-refractivity contribution is 5.84. The Kier molecular flexibility index (Phi) is 11.7. The van der Waals surface area contributed by atoms with Gasteiger partial charge in [0.05, 0.1) is 31.9 Å². The van der Waals surface area contributed by atoms with Gasteiger partial charge in [-0.25, -0.2) is 0 Å². The Morgan fingerprint density at radius 2 is 1.08 bits per heavy atom. The average molecular weight is 717 g/mol. The Morgan fingerprint density at radius 1 is 0.660 bits per heavy atom. The Hall–Kier alpha value is -4.60. The first kappa shape index (κ1) is 41.2. The van der Waals surface area contributed by atoms with Gasteiger partial charge in [-0.05, 0) is 87.2 Å². The van der Waals surface area contributed by atoms with Crippen LogP contribution in [0.3, 0.4) is 0 Å². The molecule has 0 aliphatic carbocycles. The van der Waals surface area contributed by atoms with Gasteiger partial charge < -0.3 is 19.7 Å². The van der Waals surface area contributed by atoms with E-state index >= 15 is 0 Å². The number of aliphatic hydroxyl groups is 1. The fourth-order valence-electron chi connectivity index (χ4n) is 6.96. The lowest BCUT2D eigenvalue weighted by atomic mass is 9.70. The number of aromatic hydroxyl groups is 1. The maximum Gasteiger partial charge on any atom is 0.137 e.